The lowest BCUT2D eigenvalue weighted by Crippen LogP contribution is -2.52. The van der Waals surface area contributed by atoms with Gasteiger partial charge in [0, 0.05) is 42.1 Å². The highest BCUT2D eigenvalue weighted by molar-refractivity contribution is 7.11. The van der Waals surface area contributed by atoms with Crippen LogP contribution >= 0.6 is 22.9 Å². The van der Waals surface area contributed by atoms with E-state index in [1.54, 1.807) is 35.7 Å². The van der Waals surface area contributed by atoms with Gasteiger partial charge in [0.1, 0.15) is 17.4 Å². The van der Waals surface area contributed by atoms with Crippen molar-refractivity contribution in [1.82, 2.24) is 25.0 Å². The third-order valence-electron chi connectivity index (χ3n) is 7.16. The smallest absolute Gasteiger partial charge is 0.338 e. The van der Waals surface area contributed by atoms with Gasteiger partial charge in [0.25, 0.3) is 0 Å². The fraction of sp³-hybridized carbons (Fsp3) is 0.370. The first kappa shape index (κ1) is 28.6. The molecule has 2 N–H and O–H groups in total. The molecule has 0 saturated carbocycles. The van der Waals surface area contributed by atoms with Crippen LogP contribution < -0.4 is 5.32 Å². The maximum atomic E-state index is 14.5. The summed E-state index contributed by atoms with van der Waals surface area (Å²) in [5.74, 6) is -1.97. The zero-order valence-corrected chi connectivity index (χ0v) is 24.1. The van der Waals surface area contributed by atoms with Gasteiger partial charge in [0.05, 0.1) is 36.0 Å². The molecule has 1 aromatic carbocycles. The summed E-state index contributed by atoms with van der Waals surface area (Å²) in [4.78, 5) is 52.1. The Hall–Kier alpha value is -3.97. The third-order valence-corrected chi connectivity index (χ3v) is 8.34. The van der Waals surface area contributed by atoms with Crippen LogP contribution in [-0.2, 0) is 14.3 Å². The second-order valence-electron chi connectivity index (χ2n) is 10.1. The topological polar surface area (TPSA) is 128 Å². The maximum Gasteiger partial charge on any atom is 0.338 e. The zero-order chi connectivity index (χ0) is 29.5. The molecule has 11 nitrogen and oxygen atoms in total. The van der Waals surface area contributed by atoms with Crippen molar-refractivity contribution in [3.05, 3.63) is 74.4 Å². The molecule has 14 heteroatoms. The van der Waals surface area contributed by atoms with Crippen LogP contribution in [0.3, 0.4) is 0 Å². The normalized spacial score (nSPS) is 19.1. The number of carbonyl (C=O) groups is 3. The van der Waals surface area contributed by atoms with E-state index in [0.29, 0.717) is 40.9 Å². The van der Waals surface area contributed by atoms with Gasteiger partial charge in [-0.1, -0.05) is 23.7 Å². The van der Waals surface area contributed by atoms with Gasteiger partial charge in [-0.05, 0) is 26.8 Å². The number of carboxylic acid groups (broad SMARTS) is 1. The summed E-state index contributed by atoms with van der Waals surface area (Å²) in [6, 6.07) is 3.01. The number of esters is 1. The predicted octanol–water partition coefficient (Wildman–Crippen LogP) is 3.60. The molecular formula is C27H28ClFN6O5S. The highest BCUT2D eigenvalue weighted by atomic mass is 35.5. The first-order chi connectivity index (χ1) is 19.5. The molecule has 3 aliphatic rings. The fourth-order valence-corrected chi connectivity index (χ4v) is 5.71. The summed E-state index contributed by atoms with van der Waals surface area (Å²) in [5.41, 5.74) is 0.200. The van der Waals surface area contributed by atoms with Crippen LogP contribution in [0.2, 0.25) is 5.02 Å². The number of carboxylic acids is 1. The van der Waals surface area contributed by atoms with Crippen LogP contribution in [0.15, 0.2) is 57.9 Å². The number of benzene rings is 1. The van der Waals surface area contributed by atoms with Crippen molar-refractivity contribution in [2.24, 2.45) is 4.99 Å². The van der Waals surface area contributed by atoms with Gasteiger partial charge in [0.15, 0.2) is 10.8 Å². The number of rotatable bonds is 8. The number of urea groups is 1. The molecule has 1 atom stereocenters. The molecule has 0 bridgehead atoms. The van der Waals surface area contributed by atoms with Crippen molar-refractivity contribution in [2.45, 2.75) is 32.4 Å². The Labute approximate surface area is 244 Å². The molecule has 4 heterocycles. The van der Waals surface area contributed by atoms with E-state index in [2.05, 4.69) is 10.3 Å². The van der Waals surface area contributed by atoms with Crippen LogP contribution in [-0.4, -0.2) is 86.9 Å². The maximum absolute atomic E-state index is 14.5. The number of amidine groups is 1. The Morgan fingerprint density at radius 1 is 1.32 bits per heavy atom. The number of halogens is 2. The largest absolute Gasteiger partial charge is 0.480 e. The van der Waals surface area contributed by atoms with Gasteiger partial charge in [-0.3, -0.25) is 9.89 Å². The molecule has 5 rings (SSSR count). The molecule has 1 aromatic heterocycles. The Bertz CT molecular complexity index is 1490. The van der Waals surface area contributed by atoms with Gasteiger partial charge < -0.3 is 25.0 Å². The van der Waals surface area contributed by atoms with E-state index in [1.807, 2.05) is 4.90 Å². The summed E-state index contributed by atoms with van der Waals surface area (Å²) in [6.45, 7) is 5.83. The summed E-state index contributed by atoms with van der Waals surface area (Å²) in [7, 11) is 0. The van der Waals surface area contributed by atoms with Gasteiger partial charge in [-0.2, -0.15) is 0 Å². The number of thiazole rings is 1. The summed E-state index contributed by atoms with van der Waals surface area (Å²) in [6.07, 6.45) is 3.42. The summed E-state index contributed by atoms with van der Waals surface area (Å²) < 4.78 is 19.9. The Kier molecular flexibility index (Phi) is 7.75. The molecule has 1 fully saturated rings. The van der Waals surface area contributed by atoms with Crippen molar-refractivity contribution in [2.75, 3.05) is 32.8 Å². The zero-order valence-electron chi connectivity index (χ0n) is 22.6. The van der Waals surface area contributed by atoms with Crippen LogP contribution in [0.5, 0.6) is 0 Å². The van der Waals surface area contributed by atoms with Crippen molar-refractivity contribution in [3.8, 4) is 0 Å². The Morgan fingerprint density at radius 3 is 2.78 bits per heavy atom. The first-order valence-electron chi connectivity index (χ1n) is 12.9. The molecule has 1 unspecified atom stereocenters. The minimum atomic E-state index is -1.39. The van der Waals surface area contributed by atoms with Gasteiger partial charge in [-0.15, -0.1) is 11.3 Å². The average molecular weight is 603 g/mol. The molecule has 1 saturated heterocycles. The van der Waals surface area contributed by atoms with Crippen molar-refractivity contribution >= 4 is 46.7 Å². The van der Waals surface area contributed by atoms with Crippen LogP contribution in [0, 0.1) is 5.82 Å². The Balaban J connectivity index is 1.54. The van der Waals surface area contributed by atoms with Crippen molar-refractivity contribution in [1.29, 1.82) is 0 Å². The summed E-state index contributed by atoms with van der Waals surface area (Å²) in [5, 5.41) is 15.1. The van der Waals surface area contributed by atoms with Crippen LogP contribution in [0.25, 0.3) is 0 Å². The second kappa shape index (κ2) is 11.1. The molecule has 2 aromatic rings. The van der Waals surface area contributed by atoms with Crippen molar-refractivity contribution in [3.63, 3.8) is 0 Å². The summed E-state index contributed by atoms with van der Waals surface area (Å²) >= 11 is 7.72. The second-order valence-corrected chi connectivity index (χ2v) is 11.3. The van der Waals surface area contributed by atoms with Gasteiger partial charge in [-0.25, -0.2) is 23.8 Å². The lowest BCUT2D eigenvalue weighted by molar-refractivity contribution is -0.147. The van der Waals surface area contributed by atoms with E-state index in [-0.39, 0.29) is 36.3 Å². The minimum absolute atomic E-state index is 0.113. The van der Waals surface area contributed by atoms with E-state index in [4.69, 9.17) is 21.3 Å². The number of nitrogens with zero attached hydrogens (tertiary/aromatic N) is 5. The molecule has 0 aliphatic carbocycles. The van der Waals surface area contributed by atoms with Crippen LogP contribution in [0.1, 0.15) is 37.4 Å². The molecule has 2 amide bonds. The molecule has 0 spiro atoms. The number of fused-ring (bicyclic) bond motifs is 1. The highest BCUT2D eigenvalue weighted by Crippen LogP contribution is 2.38. The number of carbonyl (C=O) groups excluding carboxylic acids is 2. The number of aliphatic imine (C=N–C) groups is 1. The van der Waals surface area contributed by atoms with E-state index in [1.165, 1.54) is 42.2 Å². The first-order valence-corrected chi connectivity index (χ1v) is 14.1. The van der Waals surface area contributed by atoms with Crippen molar-refractivity contribution < 1.29 is 28.6 Å². The lowest BCUT2D eigenvalue weighted by Gasteiger charge is -2.34. The van der Waals surface area contributed by atoms with E-state index in [0.717, 1.165) is 0 Å². The number of ether oxygens (including phenoxy) is 1. The van der Waals surface area contributed by atoms with Gasteiger partial charge in [0.2, 0.25) is 0 Å². The van der Waals surface area contributed by atoms with E-state index < -0.39 is 29.3 Å². The predicted molar refractivity (Wildman–Crippen MR) is 150 cm³/mol. The highest BCUT2D eigenvalue weighted by Gasteiger charge is 2.46. The average Bonchev–Trinajstić information content (AvgIpc) is 3.58. The molecule has 3 aliphatic heterocycles. The number of amides is 2. The third kappa shape index (κ3) is 5.26. The fourth-order valence-electron chi connectivity index (χ4n) is 4.89. The molecule has 41 heavy (non-hydrogen) atoms. The number of aliphatic carboxylic acids is 1. The molecular weight excluding hydrogens is 575 g/mol. The minimum Gasteiger partial charge on any atom is -0.480 e. The number of hydrogen-bond acceptors (Lipinski definition) is 9. The molecule has 0 radical (unpaired) electrons. The van der Waals surface area contributed by atoms with Crippen LogP contribution in [0.4, 0.5) is 9.18 Å². The van der Waals surface area contributed by atoms with Gasteiger partial charge >= 0.3 is 18.0 Å². The quantitative estimate of drug-likeness (QED) is 0.439. The lowest BCUT2D eigenvalue weighted by atomic mass is 9.95. The number of nitrogens with one attached hydrogen (secondary N) is 1. The van der Waals surface area contributed by atoms with E-state index >= 15 is 0 Å². The molecule has 216 valence electrons. The standard InChI is InChI=1S/C27H28ClFN6O5S/c1-4-40-24(36)19-18(14-33-9-10-34-15(12-33)13-35(26(34)39)27(2,3)25(37)38)31-22(23-30-8-11-41-23)32-21(19)16-6-5-7-17(29)20(16)28/h5-8,11-12,21H,4,9-10,13-14H2,1-3H3,(H,31,32)(H,37,38). The SMILES string of the molecule is CCOC(=O)C1=C(CN2C=C3CN(C(C)(C)C(=O)O)C(=O)N3CC2)NC(c2nccs2)=NC1c1cccc(F)c1Cl. The number of hydrogen-bond donors (Lipinski definition) is 2. The van der Waals surface area contributed by atoms with E-state index in [9.17, 15) is 23.9 Å². The Morgan fingerprint density at radius 2 is 2.10 bits per heavy atom. The monoisotopic (exact) mass is 602 g/mol. The number of aromatic nitrogens is 1.